The molecule has 0 spiro atoms. The SMILES string of the molecule is COc1c(-c2cc(C(=O)N[C@H](CN(C)C)[C@H](O)c3ccccc3)cc(N(C)C)c2)ccc(F)c1CN1O[C@@H](CO)[C@@H]([C@H](C)O)[C@H]1C(=O)N[C@H]1C[C@H]2C[C@@H]([C@@H]1C)C2(C)C. The van der Waals surface area contributed by atoms with Gasteiger partial charge in [0.05, 0.1) is 32.4 Å². The first kappa shape index (κ1) is 43.5. The highest BCUT2D eigenvalue weighted by molar-refractivity contribution is 5.97. The molecule has 4 fully saturated rings. The number of methoxy groups -OCH3 is 1. The molecule has 5 N–H and O–H groups in total. The summed E-state index contributed by atoms with van der Waals surface area (Å²) in [4.78, 5) is 38.3. The molecule has 3 aromatic rings. The maximum absolute atomic E-state index is 16.1. The molecule has 3 saturated carbocycles. The van der Waals surface area contributed by atoms with Crippen molar-refractivity contribution in [2.45, 2.75) is 83.5 Å². The normalized spacial score (nSPS) is 26.7. The molecule has 316 valence electrons. The van der Waals surface area contributed by atoms with Gasteiger partial charge in [0.2, 0.25) is 5.91 Å². The highest BCUT2D eigenvalue weighted by Gasteiger charge is 2.57. The summed E-state index contributed by atoms with van der Waals surface area (Å²) < 4.78 is 22.0. The number of aliphatic hydroxyl groups is 3. The summed E-state index contributed by atoms with van der Waals surface area (Å²) in [6, 6.07) is 15.7. The van der Waals surface area contributed by atoms with Crippen molar-refractivity contribution < 1.29 is 38.9 Å². The number of ether oxygens (including phenoxy) is 1. The topological polar surface area (TPSA) is 147 Å². The maximum atomic E-state index is 16.1. The lowest BCUT2D eigenvalue weighted by atomic mass is 9.45. The number of halogens is 1. The van der Waals surface area contributed by atoms with E-state index >= 15 is 4.39 Å². The van der Waals surface area contributed by atoms with E-state index in [-0.39, 0.29) is 41.1 Å². The molecule has 1 heterocycles. The lowest BCUT2D eigenvalue weighted by molar-refractivity contribution is -0.183. The van der Waals surface area contributed by atoms with E-state index in [0.717, 1.165) is 12.8 Å². The van der Waals surface area contributed by atoms with Crippen LogP contribution < -0.4 is 20.3 Å². The molecule has 2 bridgehead atoms. The van der Waals surface area contributed by atoms with Crippen LogP contribution in [0.15, 0.2) is 60.7 Å². The number of nitrogens with one attached hydrogen (secondary N) is 2. The van der Waals surface area contributed by atoms with Crippen molar-refractivity contribution in [2.24, 2.45) is 29.1 Å². The monoisotopic (exact) mass is 803 g/mol. The van der Waals surface area contributed by atoms with E-state index in [1.165, 1.54) is 18.2 Å². The minimum atomic E-state index is -1.03. The van der Waals surface area contributed by atoms with Crippen molar-refractivity contribution in [1.82, 2.24) is 20.6 Å². The lowest BCUT2D eigenvalue weighted by Crippen LogP contribution is -2.62. The Bertz CT molecular complexity index is 1930. The van der Waals surface area contributed by atoms with Gasteiger partial charge < -0.3 is 40.5 Å². The van der Waals surface area contributed by atoms with Crippen molar-refractivity contribution in [3.63, 3.8) is 0 Å². The number of carbonyl (C=O) groups is 2. The van der Waals surface area contributed by atoms with Crippen LogP contribution >= 0.6 is 0 Å². The molecule has 1 saturated heterocycles. The Morgan fingerprint density at radius 2 is 1.76 bits per heavy atom. The van der Waals surface area contributed by atoms with Gasteiger partial charge >= 0.3 is 0 Å². The zero-order chi connectivity index (χ0) is 42.2. The number of anilines is 1. The summed E-state index contributed by atoms with van der Waals surface area (Å²) in [7, 11) is 8.88. The average molecular weight is 804 g/mol. The standard InChI is InChI=1S/C45H62FN5O7/c1-25-34-20-30(45(34,3)4)21-36(25)47-44(56)40-39(26(2)53)38(24-52)58-51(40)22-33-35(46)16-15-32(42(33)57-9)28-17-29(19-31(18-28)50(7)8)43(55)48-37(23-49(5)6)41(54)27-13-11-10-12-14-27/h10-19,25-26,30,34,36-41,52-54H,20-24H2,1-9H3,(H,47,56)(H,48,55)/t25-,26-,30+,34-,36-,37+,38-,39+,40-,41+/m0/s1. The van der Waals surface area contributed by atoms with Crippen LogP contribution in [-0.4, -0.2) is 116 Å². The molecule has 3 aromatic carbocycles. The molecule has 2 amide bonds. The molecular formula is C45H62FN5O7. The zero-order valence-electron chi connectivity index (χ0n) is 35.3. The Morgan fingerprint density at radius 1 is 1.05 bits per heavy atom. The number of hydrogen-bond donors (Lipinski definition) is 5. The summed E-state index contributed by atoms with van der Waals surface area (Å²) in [5.41, 5.74) is 3.09. The Hall–Kier alpha value is -4.11. The molecular weight excluding hydrogens is 742 g/mol. The van der Waals surface area contributed by atoms with Crippen molar-refractivity contribution in [2.75, 3.05) is 53.4 Å². The summed E-state index contributed by atoms with van der Waals surface area (Å²) in [5.74, 6) is -0.703. The number of aliphatic hydroxyl groups excluding tert-OH is 3. The molecule has 13 heteroatoms. The summed E-state index contributed by atoms with van der Waals surface area (Å²) >= 11 is 0. The molecule has 0 radical (unpaired) electrons. The number of nitrogens with zero attached hydrogens (tertiary/aromatic N) is 3. The van der Waals surface area contributed by atoms with Gasteiger partial charge in [0.25, 0.3) is 5.91 Å². The second-order valence-electron chi connectivity index (χ2n) is 17.7. The summed E-state index contributed by atoms with van der Waals surface area (Å²) in [5, 5.41) is 40.3. The highest BCUT2D eigenvalue weighted by Crippen LogP contribution is 2.61. The van der Waals surface area contributed by atoms with Crippen LogP contribution in [0.2, 0.25) is 0 Å². The van der Waals surface area contributed by atoms with Crippen LogP contribution in [0.1, 0.15) is 68.1 Å². The highest BCUT2D eigenvalue weighted by atomic mass is 19.1. The molecule has 58 heavy (non-hydrogen) atoms. The molecule has 1 aliphatic heterocycles. The minimum absolute atomic E-state index is 0.0568. The van der Waals surface area contributed by atoms with Gasteiger partial charge in [-0.25, -0.2) is 4.39 Å². The number of likely N-dealkylation sites (N-methyl/N-ethyl adjacent to an activating group) is 1. The van der Waals surface area contributed by atoms with E-state index in [1.54, 1.807) is 25.1 Å². The lowest BCUT2D eigenvalue weighted by Gasteiger charge is -2.62. The van der Waals surface area contributed by atoms with Crippen LogP contribution in [0.4, 0.5) is 10.1 Å². The van der Waals surface area contributed by atoms with E-state index < -0.39 is 54.6 Å². The van der Waals surface area contributed by atoms with Gasteiger partial charge in [-0.1, -0.05) is 51.1 Å². The molecule has 3 aliphatic carbocycles. The molecule has 4 aliphatic rings. The first-order valence-electron chi connectivity index (χ1n) is 20.4. The van der Waals surface area contributed by atoms with Gasteiger partial charge in [0.1, 0.15) is 29.8 Å². The first-order chi connectivity index (χ1) is 27.5. The number of hydroxylamine groups is 2. The zero-order valence-corrected chi connectivity index (χ0v) is 35.3. The van der Waals surface area contributed by atoms with Crippen molar-refractivity contribution in [3.05, 3.63) is 83.2 Å². The summed E-state index contributed by atoms with van der Waals surface area (Å²) in [6.45, 7) is 8.04. The smallest absolute Gasteiger partial charge is 0.251 e. The van der Waals surface area contributed by atoms with Gasteiger partial charge in [-0.15, -0.1) is 0 Å². The minimum Gasteiger partial charge on any atom is -0.496 e. The second kappa shape index (κ2) is 17.6. The predicted octanol–water partition coefficient (Wildman–Crippen LogP) is 4.62. The molecule has 10 atom stereocenters. The van der Waals surface area contributed by atoms with Crippen LogP contribution in [0, 0.1) is 34.9 Å². The fraction of sp³-hybridized carbons (Fsp3) is 0.556. The fourth-order valence-electron chi connectivity index (χ4n) is 9.76. The van der Waals surface area contributed by atoms with Crippen molar-refractivity contribution in [1.29, 1.82) is 0 Å². The number of rotatable bonds is 15. The fourth-order valence-corrected chi connectivity index (χ4v) is 9.76. The number of benzene rings is 3. The van der Waals surface area contributed by atoms with Gasteiger partial charge in [0.15, 0.2) is 0 Å². The molecule has 12 nitrogen and oxygen atoms in total. The molecule has 7 rings (SSSR count). The van der Waals surface area contributed by atoms with Gasteiger partial charge in [-0.2, -0.15) is 5.06 Å². The van der Waals surface area contributed by atoms with E-state index in [1.807, 2.05) is 74.4 Å². The number of fused-ring (bicyclic) bond motifs is 2. The van der Waals surface area contributed by atoms with Crippen LogP contribution in [0.25, 0.3) is 11.1 Å². The number of hydrogen-bond acceptors (Lipinski definition) is 10. The quantitative estimate of drug-likeness (QED) is 0.148. The predicted molar refractivity (Wildman–Crippen MR) is 221 cm³/mol. The molecule has 0 aromatic heterocycles. The summed E-state index contributed by atoms with van der Waals surface area (Å²) in [6.07, 6.45) is -0.886. The third-order valence-corrected chi connectivity index (χ3v) is 13.2. The van der Waals surface area contributed by atoms with Gasteiger partial charge in [-0.05, 0) is 98.5 Å². The average Bonchev–Trinajstić information content (AvgIpc) is 3.57. The third kappa shape index (κ3) is 8.62. The van der Waals surface area contributed by atoms with Crippen LogP contribution in [0.5, 0.6) is 5.75 Å². The largest absolute Gasteiger partial charge is 0.496 e. The Labute approximate surface area is 342 Å². The Morgan fingerprint density at radius 3 is 2.34 bits per heavy atom. The second-order valence-corrected chi connectivity index (χ2v) is 17.7. The first-order valence-corrected chi connectivity index (χ1v) is 20.4. The number of carbonyl (C=O) groups excluding carboxylic acids is 2. The maximum Gasteiger partial charge on any atom is 0.251 e. The van der Waals surface area contributed by atoms with Crippen molar-refractivity contribution in [3.8, 4) is 16.9 Å². The van der Waals surface area contributed by atoms with E-state index in [2.05, 4.69) is 31.4 Å². The Balaban J connectivity index is 1.32. The van der Waals surface area contributed by atoms with Crippen molar-refractivity contribution >= 4 is 17.5 Å². The third-order valence-electron chi connectivity index (χ3n) is 13.2. The van der Waals surface area contributed by atoms with Gasteiger partial charge in [-0.3, -0.25) is 14.4 Å². The van der Waals surface area contributed by atoms with E-state index in [0.29, 0.717) is 46.3 Å². The van der Waals surface area contributed by atoms with E-state index in [4.69, 9.17) is 9.57 Å². The van der Waals surface area contributed by atoms with Crippen LogP contribution in [-0.2, 0) is 16.2 Å². The Kier molecular flexibility index (Phi) is 13.2. The van der Waals surface area contributed by atoms with E-state index in [9.17, 15) is 24.9 Å². The number of amides is 2. The van der Waals surface area contributed by atoms with Gasteiger partial charge in [0, 0.05) is 55.0 Å². The molecule has 0 unspecified atom stereocenters. The van der Waals surface area contributed by atoms with Crippen LogP contribution in [0.3, 0.4) is 0 Å².